The summed E-state index contributed by atoms with van der Waals surface area (Å²) in [7, 11) is 0. The summed E-state index contributed by atoms with van der Waals surface area (Å²) in [6.45, 7) is 5.52. The number of aryl methyl sites for hydroxylation is 1. The van der Waals surface area contributed by atoms with E-state index in [9.17, 15) is 22.8 Å². The van der Waals surface area contributed by atoms with Crippen LogP contribution in [0.3, 0.4) is 0 Å². The molecule has 2 heterocycles. The molecule has 0 saturated carbocycles. The maximum Gasteiger partial charge on any atom is 0.416 e. The number of carbonyl (C=O) groups is 2. The van der Waals surface area contributed by atoms with Gasteiger partial charge in [0.25, 0.3) is 5.91 Å². The summed E-state index contributed by atoms with van der Waals surface area (Å²) in [5.74, 6) is 5.57. The Hall–Kier alpha value is -4.49. The fourth-order valence-corrected chi connectivity index (χ4v) is 4.50. The maximum atomic E-state index is 13.6. The van der Waals surface area contributed by atoms with Crippen LogP contribution in [0.15, 0.2) is 55.0 Å². The van der Waals surface area contributed by atoms with Crippen LogP contribution in [0.2, 0.25) is 0 Å². The van der Waals surface area contributed by atoms with Crippen molar-refractivity contribution >= 4 is 34.8 Å². The van der Waals surface area contributed by atoms with Crippen LogP contribution in [0.1, 0.15) is 58.8 Å². The monoisotopic (exact) mass is 582 g/mol. The SMILES string of the molecule is CCC(=O)Nc1ncc(/C(N)=C/N(N)c2cc(C(=O)Nc3cc(CN4CCCC4)cc(C(F)(F)F)c3)ccc2C)cn1. The Morgan fingerprint density at radius 3 is 2.38 bits per heavy atom. The Balaban J connectivity index is 1.52. The Labute approximate surface area is 241 Å². The van der Waals surface area contributed by atoms with Crippen LogP contribution in [0.5, 0.6) is 0 Å². The molecule has 1 fully saturated rings. The van der Waals surface area contributed by atoms with Crippen molar-refractivity contribution in [1.29, 1.82) is 0 Å². The van der Waals surface area contributed by atoms with Gasteiger partial charge in [0.05, 0.1) is 16.9 Å². The third-order valence-corrected chi connectivity index (χ3v) is 6.77. The number of alkyl halides is 3. The molecule has 0 aliphatic carbocycles. The first-order valence-electron chi connectivity index (χ1n) is 13.4. The topological polar surface area (TPSA) is 142 Å². The number of rotatable bonds is 9. The van der Waals surface area contributed by atoms with Gasteiger partial charge in [0, 0.05) is 48.4 Å². The molecule has 222 valence electrons. The number of anilines is 3. The number of amides is 2. The van der Waals surface area contributed by atoms with E-state index in [4.69, 9.17) is 11.6 Å². The lowest BCUT2D eigenvalue weighted by Gasteiger charge is -2.19. The number of carbonyl (C=O) groups excluding carboxylic acids is 2. The number of hydrazine groups is 1. The van der Waals surface area contributed by atoms with Crippen LogP contribution in [-0.2, 0) is 17.5 Å². The van der Waals surface area contributed by atoms with E-state index in [0.717, 1.165) is 43.6 Å². The van der Waals surface area contributed by atoms with E-state index in [1.807, 2.05) is 0 Å². The van der Waals surface area contributed by atoms with Crippen LogP contribution in [-0.4, -0.2) is 39.8 Å². The summed E-state index contributed by atoms with van der Waals surface area (Å²) in [5.41, 5.74) is 7.91. The molecule has 0 unspecified atom stereocenters. The highest BCUT2D eigenvalue weighted by Crippen LogP contribution is 2.33. The third kappa shape index (κ3) is 7.83. The molecule has 0 radical (unpaired) electrons. The predicted molar refractivity (Wildman–Crippen MR) is 155 cm³/mol. The summed E-state index contributed by atoms with van der Waals surface area (Å²) < 4.78 is 40.9. The molecule has 0 bridgehead atoms. The average molecular weight is 583 g/mol. The van der Waals surface area contributed by atoms with Gasteiger partial charge in [-0.2, -0.15) is 13.2 Å². The zero-order chi connectivity index (χ0) is 30.4. The van der Waals surface area contributed by atoms with E-state index in [1.165, 1.54) is 29.7 Å². The molecule has 1 saturated heterocycles. The van der Waals surface area contributed by atoms with Crippen molar-refractivity contribution in [2.24, 2.45) is 11.6 Å². The second-order valence-electron chi connectivity index (χ2n) is 10.0. The molecule has 0 spiro atoms. The van der Waals surface area contributed by atoms with Gasteiger partial charge >= 0.3 is 6.18 Å². The van der Waals surface area contributed by atoms with E-state index < -0.39 is 17.6 Å². The standard InChI is InChI=1S/C29H33F3N8O2/c1-3-26(41)38-28-35-14-21(15-36-28)24(33)17-40(34)25-12-20(7-6-18(25)2)27(42)37-23-11-19(16-39-8-4-5-9-39)10-22(13-23)29(30,31)32/h6-7,10-15,17H,3-5,8-9,16,33-34H2,1-2H3,(H,37,42)(H,35,36,38,41)/b24-17-. The van der Waals surface area contributed by atoms with Gasteiger partial charge in [-0.1, -0.05) is 13.0 Å². The minimum atomic E-state index is -4.56. The van der Waals surface area contributed by atoms with E-state index in [1.54, 1.807) is 32.0 Å². The van der Waals surface area contributed by atoms with Crippen molar-refractivity contribution in [2.45, 2.75) is 45.8 Å². The zero-order valence-corrected chi connectivity index (χ0v) is 23.3. The molecule has 10 nitrogen and oxygen atoms in total. The number of hydrogen-bond donors (Lipinski definition) is 4. The second-order valence-corrected chi connectivity index (χ2v) is 10.0. The highest BCUT2D eigenvalue weighted by molar-refractivity contribution is 6.05. The molecular formula is C29H33F3N8O2. The fraction of sp³-hybridized carbons (Fsp3) is 0.310. The predicted octanol–water partition coefficient (Wildman–Crippen LogP) is 4.64. The van der Waals surface area contributed by atoms with E-state index in [0.29, 0.717) is 23.4 Å². The van der Waals surface area contributed by atoms with Gasteiger partial charge in [-0.3, -0.25) is 24.8 Å². The van der Waals surface area contributed by atoms with Crippen LogP contribution in [0.4, 0.5) is 30.5 Å². The number of nitrogens with two attached hydrogens (primary N) is 2. The Morgan fingerprint density at radius 2 is 1.74 bits per heavy atom. The Bertz CT molecular complexity index is 1470. The summed E-state index contributed by atoms with van der Waals surface area (Å²) in [6.07, 6.45) is 2.03. The largest absolute Gasteiger partial charge is 0.416 e. The maximum absolute atomic E-state index is 13.6. The Kier molecular flexibility index (Phi) is 9.43. The van der Waals surface area contributed by atoms with Crippen LogP contribution in [0, 0.1) is 6.92 Å². The molecule has 1 aliphatic rings. The average Bonchev–Trinajstić information content (AvgIpc) is 3.45. The summed E-state index contributed by atoms with van der Waals surface area (Å²) in [4.78, 5) is 34.9. The molecule has 1 aliphatic heterocycles. The van der Waals surface area contributed by atoms with E-state index in [2.05, 4.69) is 25.5 Å². The quantitative estimate of drug-likeness (QED) is 0.211. The van der Waals surface area contributed by atoms with Crippen LogP contribution in [0.25, 0.3) is 5.70 Å². The first kappa shape index (κ1) is 30.5. The number of benzene rings is 2. The normalized spacial score (nSPS) is 14.1. The molecule has 2 amide bonds. The van der Waals surface area contributed by atoms with Crippen molar-refractivity contribution in [2.75, 3.05) is 28.7 Å². The summed E-state index contributed by atoms with van der Waals surface area (Å²) in [6, 6.07) is 8.38. The van der Waals surface area contributed by atoms with Crippen LogP contribution >= 0.6 is 0 Å². The first-order valence-corrected chi connectivity index (χ1v) is 13.4. The lowest BCUT2D eigenvalue weighted by molar-refractivity contribution is -0.137. The zero-order valence-electron chi connectivity index (χ0n) is 23.3. The number of likely N-dealkylation sites (tertiary alicyclic amines) is 1. The Morgan fingerprint density at radius 1 is 1.05 bits per heavy atom. The molecule has 3 aromatic rings. The smallest absolute Gasteiger partial charge is 0.397 e. The molecule has 13 heteroatoms. The highest BCUT2D eigenvalue weighted by Gasteiger charge is 2.31. The van der Waals surface area contributed by atoms with Crippen molar-refractivity contribution < 1.29 is 22.8 Å². The van der Waals surface area contributed by atoms with Crippen molar-refractivity contribution in [1.82, 2.24) is 14.9 Å². The molecular weight excluding hydrogens is 549 g/mol. The number of nitrogens with one attached hydrogen (secondary N) is 2. The number of hydrogen-bond acceptors (Lipinski definition) is 8. The highest BCUT2D eigenvalue weighted by atomic mass is 19.4. The van der Waals surface area contributed by atoms with Crippen LogP contribution < -0.4 is 27.2 Å². The van der Waals surface area contributed by atoms with Crippen molar-refractivity contribution in [3.8, 4) is 0 Å². The lowest BCUT2D eigenvalue weighted by atomic mass is 10.1. The van der Waals surface area contributed by atoms with Gasteiger partial charge in [-0.05, 0) is 74.3 Å². The lowest BCUT2D eigenvalue weighted by Crippen LogP contribution is -2.27. The van der Waals surface area contributed by atoms with Crippen molar-refractivity contribution in [3.63, 3.8) is 0 Å². The minimum absolute atomic E-state index is 0.0541. The molecule has 0 atom stereocenters. The first-order chi connectivity index (χ1) is 19.9. The van der Waals surface area contributed by atoms with Gasteiger partial charge in [0.1, 0.15) is 0 Å². The summed E-state index contributed by atoms with van der Waals surface area (Å²) in [5, 5.41) is 6.38. The molecule has 1 aromatic heterocycles. The molecule has 4 rings (SSSR count). The number of nitrogens with zero attached hydrogens (tertiary/aromatic N) is 4. The third-order valence-electron chi connectivity index (χ3n) is 6.77. The van der Waals surface area contributed by atoms with Gasteiger partial charge in [0.2, 0.25) is 11.9 Å². The summed E-state index contributed by atoms with van der Waals surface area (Å²) >= 11 is 0. The van der Waals surface area contributed by atoms with Gasteiger partial charge in [-0.15, -0.1) is 0 Å². The molecule has 42 heavy (non-hydrogen) atoms. The van der Waals surface area contributed by atoms with Crippen molar-refractivity contribution in [3.05, 3.63) is 82.8 Å². The number of aromatic nitrogens is 2. The number of halogens is 3. The second kappa shape index (κ2) is 13.0. The van der Waals surface area contributed by atoms with E-state index in [-0.39, 0.29) is 35.2 Å². The van der Waals surface area contributed by atoms with Gasteiger partial charge < -0.3 is 11.1 Å². The fourth-order valence-electron chi connectivity index (χ4n) is 4.50. The minimum Gasteiger partial charge on any atom is -0.397 e. The molecule has 6 N–H and O–H groups in total. The molecule has 2 aromatic carbocycles. The van der Waals surface area contributed by atoms with Gasteiger partial charge in [0.15, 0.2) is 0 Å². The van der Waals surface area contributed by atoms with Gasteiger partial charge in [-0.25, -0.2) is 15.8 Å². The van der Waals surface area contributed by atoms with E-state index >= 15 is 0 Å².